The maximum atomic E-state index is 12.7. The molecule has 6 heteroatoms. The van der Waals surface area contributed by atoms with E-state index in [1.54, 1.807) is 0 Å². The summed E-state index contributed by atoms with van der Waals surface area (Å²) in [5, 5.41) is 8.62. The highest BCUT2D eigenvalue weighted by molar-refractivity contribution is 5.47. The fourth-order valence-electron chi connectivity index (χ4n) is 1.03. The Kier molecular flexibility index (Phi) is 2.66. The van der Waals surface area contributed by atoms with E-state index in [2.05, 4.69) is 0 Å². The van der Waals surface area contributed by atoms with Crippen LogP contribution in [0, 0.1) is 5.82 Å². The Morgan fingerprint density at radius 1 is 1.29 bits per heavy atom. The molecule has 0 aromatic heterocycles. The molecule has 2 nitrogen and oxygen atoms in total. The molecule has 0 saturated carbocycles. The molecule has 0 aliphatic heterocycles. The number of nitrogen functional groups attached to an aromatic ring is 1. The number of hydrogen-bond donors (Lipinski definition) is 2. The fraction of sp³-hybridized carbons (Fsp3) is 0.250. The van der Waals surface area contributed by atoms with Gasteiger partial charge in [-0.3, -0.25) is 0 Å². The van der Waals surface area contributed by atoms with Crippen LogP contribution in [0.5, 0.6) is 0 Å². The number of nitrogens with two attached hydrogens (primary N) is 1. The Balaban J connectivity index is 3.35. The Labute approximate surface area is 77.0 Å². The van der Waals surface area contributed by atoms with Gasteiger partial charge in [0.25, 0.3) is 0 Å². The van der Waals surface area contributed by atoms with Crippen LogP contribution in [0.3, 0.4) is 0 Å². The molecule has 0 saturated heterocycles. The van der Waals surface area contributed by atoms with Gasteiger partial charge < -0.3 is 10.8 Å². The summed E-state index contributed by atoms with van der Waals surface area (Å²) in [7, 11) is 0. The van der Waals surface area contributed by atoms with Crippen LogP contribution < -0.4 is 5.73 Å². The van der Waals surface area contributed by atoms with Gasteiger partial charge in [-0.25, -0.2) is 4.39 Å². The van der Waals surface area contributed by atoms with Crippen molar-refractivity contribution in [3.63, 3.8) is 0 Å². The van der Waals surface area contributed by atoms with Crippen molar-refractivity contribution in [1.29, 1.82) is 0 Å². The van der Waals surface area contributed by atoms with Gasteiger partial charge in [-0.15, -0.1) is 0 Å². The van der Waals surface area contributed by atoms with Gasteiger partial charge >= 0.3 is 6.18 Å². The van der Waals surface area contributed by atoms with E-state index in [1.807, 2.05) is 0 Å². The molecule has 0 spiro atoms. The van der Waals surface area contributed by atoms with Crippen LogP contribution in [0.15, 0.2) is 12.1 Å². The van der Waals surface area contributed by atoms with Crippen molar-refractivity contribution >= 4 is 5.69 Å². The molecule has 0 bridgehead atoms. The lowest BCUT2D eigenvalue weighted by Crippen LogP contribution is -2.11. The van der Waals surface area contributed by atoms with Gasteiger partial charge in [-0.2, -0.15) is 13.2 Å². The lowest BCUT2D eigenvalue weighted by Gasteiger charge is -2.12. The van der Waals surface area contributed by atoms with Crippen molar-refractivity contribution in [3.05, 3.63) is 29.1 Å². The van der Waals surface area contributed by atoms with E-state index >= 15 is 0 Å². The number of alkyl halides is 3. The number of hydrogen-bond acceptors (Lipinski definition) is 2. The second-order valence-corrected chi connectivity index (χ2v) is 2.69. The third-order valence-electron chi connectivity index (χ3n) is 1.70. The van der Waals surface area contributed by atoms with Gasteiger partial charge in [-0.05, 0) is 17.7 Å². The lowest BCUT2D eigenvalue weighted by atomic mass is 10.1. The summed E-state index contributed by atoms with van der Waals surface area (Å²) in [6.45, 7) is -0.834. The number of aliphatic hydroxyl groups is 1. The minimum absolute atomic E-state index is 0.279. The molecule has 1 aromatic rings. The van der Waals surface area contributed by atoms with Crippen LogP contribution in [0.1, 0.15) is 11.1 Å². The van der Waals surface area contributed by atoms with Gasteiger partial charge in [0, 0.05) is 0 Å². The zero-order valence-electron chi connectivity index (χ0n) is 6.90. The third-order valence-corrected chi connectivity index (χ3v) is 1.70. The largest absolute Gasteiger partial charge is 0.416 e. The molecule has 0 aliphatic carbocycles. The first kappa shape index (κ1) is 10.8. The zero-order chi connectivity index (χ0) is 10.9. The predicted molar refractivity (Wildman–Crippen MR) is 41.7 cm³/mol. The summed E-state index contributed by atoms with van der Waals surface area (Å²) < 4.78 is 49.4. The normalized spacial score (nSPS) is 11.8. The number of benzene rings is 1. The van der Waals surface area contributed by atoms with E-state index in [1.165, 1.54) is 0 Å². The van der Waals surface area contributed by atoms with Gasteiger partial charge in [0.2, 0.25) is 0 Å². The number of aliphatic hydroxyl groups excluding tert-OH is 1. The zero-order valence-corrected chi connectivity index (χ0v) is 6.90. The molecule has 0 atom stereocenters. The molecule has 0 amide bonds. The SMILES string of the molecule is Nc1cc(CO)c(C(F)(F)F)cc1F. The highest BCUT2D eigenvalue weighted by atomic mass is 19.4. The van der Waals surface area contributed by atoms with Crippen LogP contribution in [-0.4, -0.2) is 5.11 Å². The average Bonchev–Trinajstić information content (AvgIpc) is 2.07. The maximum Gasteiger partial charge on any atom is 0.416 e. The van der Waals surface area contributed by atoms with E-state index < -0.39 is 35.4 Å². The van der Waals surface area contributed by atoms with Gasteiger partial charge in [0.15, 0.2) is 0 Å². The molecule has 0 heterocycles. The third kappa shape index (κ3) is 1.95. The van der Waals surface area contributed by atoms with Crippen molar-refractivity contribution < 1.29 is 22.7 Å². The molecule has 0 radical (unpaired) electrons. The Morgan fingerprint density at radius 2 is 1.86 bits per heavy atom. The fourth-order valence-corrected chi connectivity index (χ4v) is 1.03. The molecule has 1 aromatic carbocycles. The molecule has 0 fully saturated rings. The quantitative estimate of drug-likeness (QED) is 0.548. The predicted octanol–water partition coefficient (Wildman–Crippen LogP) is 1.92. The van der Waals surface area contributed by atoms with Crippen LogP contribution in [0.4, 0.5) is 23.2 Å². The van der Waals surface area contributed by atoms with Crippen LogP contribution in [0.2, 0.25) is 0 Å². The van der Waals surface area contributed by atoms with Crippen LogP contribution in [0.25, 0.3) is 0 Å². The first-order valence-corrected chi connectivity index (χ1v) is 3.62. The topological polar surface area (TPSA) is 46.2 Å². The van der Waals surface area contributed by atoms with E-state index in [-0.39, 0.29) is 6.07 Å². The van der Waals surface area contributed by atoms with E-state index in [0.29, 0.717) is 0 Å². The van der Waals surface area contributed by atoms with Gasteiger partial charge in [0.1, 0.15) is 5.82 Å². The van der Waals surface area contributed by atoms with Gasteiger partial charge in [0.05, 0.1) is 17.9 Å². The summed E-state index contributed by atoms with van der Waals surface area (Å²) >= 11 is 0. The number of anilines is 1. The summed E-state index contributed by atoms with van der Waals surface area (Å²) in [6.07, 6.45) is -4.69. The summed E-state index contributed by atoms with van der Waals surface area (Å²) in [4.78, 5) is 0. The van der Waals surface area contributed by atoms with Crippen molar-refractivity contribution in [3.8, 4) is 0 Å². The van der Waals surface area contributed by atoms with Crippen molar-refractivity contribution in [2.24, 2.45) is 0 Å². The van der Waals surface area contributed by atoms with Crippen LogP contribution >= 0.6 is 0 Å². The molecule has 14 heavy (non-hydrogen) atoms. The number of rotatable bonds is 1. The standard InChI is InChI=1S/C8H7F4NO/c9-6-2-5(8(10,11)12)4(3-14)1-7(6)13/h1-2,14H,3,13H2. The highest BCUT2D eigenvalue weighted by Crippen LogP contribution is 2.33. The monoisotopic (exact) mass is 209 g/mol. The van der Waals surface area contributed by atoms with E-state index in [0.717, 1.165) is 6.07 Å². The van der Waals surface area contributed by atoms with Crippen molar-refractivity contribution in [2.45, 2.75) is 12.8 Å². The second kappa shape index (κ2) is 3.45. The number of halogens is 4. The summed E-state index contributed by atoms with van der Waals surface area (Å²) in [5.74, 6) is -1.14. The minimum Gasteiger partial charge on any atom is -0.396 e. The molecule has 0 unspecified atom stereocenters. The molecule has 3 N–H and O–H groups in total. The van der Waals surface area contributed by atoms with E-state index in [4.69, 9.17) is 10.8 Å². The first-order chi connectivity index (χ1) is 6.36. The lowest BCUT2D eigenvalue weighted by molar-refractivity contribution is -0.138. The Morgan fingerprint density at radius 3 is 2.29 bits per heavy atom. The minimum atomic E-state index is -4.69. The summed E-state index contributed by atoms with van der Waals surface area (Å²) in [5.41, 5.74) is 3.00. The van der Waals surface area contributed by atoms with E-state index in [9.17, 15) is 17.6 Å². The van der Waals surface area contributed by atoms with Gasteiger partial charge in [-0.1, -0.05) is 0 Å². The molecular formula is C8H7F4NO. The molecule has 0 aliphatic rings. The smallest absolute Gasteiger partial charge is 0.396 e. The summed E-state index contributed by atoms with van der Waals surface area (Å²) in [6, 6.07) is 1.05. The van der Waals surface area contributed by atoms with Crippen molar-refractivity contribution in [2.75, 3.05) is 5.73 Å². The first-order valence-electron chi connectivity index (χ1n) is 3.62. The van der Waals surface area contributed by atoms with Crippen molar-refractivity contribution in [1.82, 2.24) is 0 Å². The van der Waals surface area contributed by atoms with Crippen LogP contribution in [-0.2, 0) is 12.8 Å². The molecule has 78 valence electrons. The molecule has 1 rings (SSSR count). The Bertz CT molecular complexity index is 348. The second-order valence-electron chi connectivity index (χ2n) is 2.69. The molecular weight excluding hydrogens is 202 g/mol. The highest BCUT2D eigenvalue weighted by Gasteiger charge is 2.34. The maximum absolute atomic E-state index is 12.7. The Hall–Kier alpha value is -1.30. The average molecular weight is 209 g/mol.